The van der Waals surface area contributed by atoms with Crippen LogP contribution >= 0.6 is 7.82 Å². The third kappa shape index (κ3) is 60.8. The fraction of sp³-hybridized carbons (Fsp3) is 0.725. The quantitative estimate of drug-likeness (QED) is 0.0272. The topological polar surface area (TPSA) is 108 Å². The molecule has 0 rings (SSSR count). The number of likely N-dealkylation sites (N-methyl/N-ethyl adjacent to an activating group) is 1. The molecule has 8 nitrogen and oxygen atoms in total. The number of aliphatic hydroxyl groups excluding tert-OH is 1. The molecule has 3 unspecified atom stereocenters. The normalized spacial score (nSPS) is 14.5. The number of quaternary nitrogens is 1. The summed E-state index contributed by atoms with van der Waals surface area (Å²) in [5.74, 6) is -0.216. The van der Waals surface area contributed by atoms with Crippen molar-refractivity contribution in [2.24, 2.45) is 0 Å². The maximum Gasteiger partial charge on any atom is 0.268 e. The van der Waals surface area contributed by atoms with Crippen LogP contribution in [-0.2, 0) is 18.4 Å². The van der Waals surface area contributed by atoms with E-state index >= 15 is 0 Å². The van der Waals surface area contributed by atoms with E-state index in [1.807, 2.05) is 27.2 Å². The second kappa shape index (κ2) is 58.8. The molecule has 1 amide bonds. The van der Waals surface area contributed by atoms with Gasteiger partial charge in [-0.3, -0.25) is 9.36 Å². The second-order valence-electron chi connectivity index (χ2n) is 22.7. The number of nitrogens with one attached hydrogen (secondary N) is 1. The van der Waals surface area contributed by atoms with Crippen LogP contribution in [0.3, 0.4) is 0 Å². The van der Waals surface area contributed by atoms with Crippen LogP contribution in [0.5, 0.6) is 0 Å². The van der Waals surface area contributed by atoms with Crippen LogP contribution in [0.15, 0.2) is 109 Å². The first-order valence-electron chi connectivity index (χ1n) is 32.2. The Bertz CT molecular complexity index is 1640. The highest BCUT2D eigenvalue weighted by atomic mass is 31.2. The molecule has 2 N–H and O–H groups in total. The van der Waals surface area contributed by atoms with Crippen LogP contribution in [0.4, 0.5) is 0 Å². The molecule has 3 atom stereocenters. The van der Waals surface area contributed by atoms with Crippen LogP contribution in [0, 0.1) is 0 Å². The van der Waals surface area contributed by atoms with E-state index in [0.29, 0.717) is 17.4 Å². The van der Waals surface area contributed by atoms with E-state index in [1.165, 1.54) is 154 Å². The Hall–Kier alpha value is -2.84. The van der Waals surface area contributed by atoms with Crippen molar-refractivity contribution in [1.29, 1.82) is 0 Å². The maximum atomic E-state index is 13.0. The fourth-order valence-corrected chi connectivity index (χ4v) is 9.70. The first-order valence-corrected chi connectivity index (χ1v) is 33.7. The molecular weight excluding hydrogens is 984 g/mol. The van der Waals surface area contributed by atoms with Crippen molar-refractivity contribution < 1.29 is 32.9 Å². The van der Waals surface area contributed by atoms with Gasteiger partial charge >= 0.3 is 0 Å². The number of carbonyl (C=O) groups excluding carboxylic acids is 1. The molecule has 0 aromatic carbocycles. The van der Waals surface area contributed by atoms with Crippen LogP contribution in [0.2, 0.25) is 0 Å². The van der Waals surface area contributed by atoms with Crippen LogP contribution in [-0.4, -0.2) is 68.5 Å². The van der Waals surface area contributed by atoms with E-state index in [1.54, 1.807) is 6.08 Å². The molecule has 0 radical (unpaired) electrons. The first-order chi connectivity index (χ1) is 38.0. The molecule has 0 spiro atoms. The van der Waals surface area contributed by atoms with Crippen molar-refractivity contribution in [3.05, 3.63) is 109 Å². The van der Waals surface area contributed by atoms with Gasteiger partial charge in [-0.25, -0.2) is 0 Å². The molecule has 0 aliphatic heterocycles. The zero-order chi connectivity index (χ0) is 57.0. The Labute approximate surface area is 482 Å². The number of hydrogen-bond acceptors (Lipinski definition) is 6. The minimum absolute atomic E-state index is 0.0126. The lowest BCUT2D eigenvalue weighted by Crippen LogP contribution is -2.45. The summed E-state index contributed by atoms with van der Waals surface area (Å²) < 4.78 is 23.4. The predicted molar refractivity (Wildman–Crippen MR) is 339 cm³/mol. The number of aliphatic hydroxyl groups is 1. The Balaban J connectivity index is 4.23. The number of unbranched alkanes of at least 4 members (excludes halogenated alkanes) is 29. The molecule has 0 bridgehead atoms. The zero-order valence-corrected chi connectivity index (χ0v) is 52.2. The molecule has 78 heavy (non-hydrogen) atoms. The summed E-state index contributed by atoms with van der Waals surface area (Å²) in [7, 11) is 1.23. The van der Waals surface area contributed by atoms with Crippen molar-refractivity contribution in [3.63, 3.8) is 0 Å². The Morgan fingerprint density at radius 1 is 0.462 bits per heavy atom. The summed E-state index contributed by atoms with van der Waals surface area (Å²) in [5, 5.41) is 13.9. The van der Waals surface area contributed by atoms with Gasteiger partial charge < -0.3 is 28.8 Å². The van der Waals surface area contributed by atoms with Gasteiger partial charge in [0.2, 0.25) is 5.91 Å². The zero-order valence-electron chi connectivity index (χ0n) is 51.3. The molecule has 0 aromatic rings. The third-order valence-corrected chi connectivity index (χ3v) is 14.9. The molecule has 0 saturated carbocycles. The molecule has 9 heteroatoms. The summed E-state index contributed by atoms with van der Waals surface area (Å²) >= 11 is 0. The van der Waals surface area contributed by atoms with Gasteiger partial charge in [-0.05, 0) is 89.9 Å². The summed E-state index contributed by atoms with van der Waals surface area (Å²) in [6, 6.07) is -0.916. The van der Waals surface area contributed by atoms with Crippen molar-refractivity contribution in [2.45, 2.75) is 283 Å². The highest BCUT2D eigenvalue weighted by Gasteiger charge is 2.23. The lowest BCUT2D eigenvalue weighted by atomic mass is 10.0. The molecule has 0 aliphatic rings. The first kappa shape index (κ1) is 75.2. The monoisotopic (exact) mass is 1110 g/mol. The van der Waals surface area contributed by atoms with Crippen molar-refractivity contribution >= 4 is 13.7 Å². The SMILES string of the molecule is CC/C=C\C/C=C\C/C=C\C/C=C\C/C=C\C/C=C\C/C=C\CCCCCCCCCCCC(=O)NC(COP(=O)([O-])OCC[N+](C)(C)C)C(O)/C=C/CC/C=C/CCCCCCCCCCCCCCCCCCCCC. The Morgan fingerprint density at radius 2 is 0.795 bits per heavy atom. The van der Waals surface area contributed by atoms with E-state index < -0.39 is 26.6 Å². The number of phosphoric ester groups is 1. The standard InChI is InChI=1S/C69H123N2O6P/c1-6-8-10-12-14-16-18-20-22-24-26-28-30-32-33-34-35-36-37-39-41-43-45-47-49-51-53-55-57-59-61-63-69(73)70-67(66-77-78(74,75)76-65-64-71(3,4)5)68(72)62-60-58-56-54-52-50-48-46-44-42-40-38-31-29-27-25-23-21-19-17-15-13-11-9-7-2/h8,10,14,16,20,22,26,28,32-33,35-36,39,41,52,54,60,62,67-68,72H,6-7,9,11-13,15,17-19,21,23-25,27,29-31,34,37-38,40,42-51,53,55-59,61,63-66H2,1-5H3,(H-,70,73,74,75)/b10-8-,16-14-,22-20-,28-26-,33-32-,36-35-,41-39-,54-52+,62-60+. The molecule has 0 saturated heterocycles. The maximum absolute atomic E-state index is 13.0. The van der Waals surface area contributed by atoms with Crippen molar-refractivity contribution in [1.82, 2.24) is 5.32 Å². The van der Waals surface area contributed by atoms with Crippen molar-refractivity contribution in [2.75, 3.05) is 40.9 Å². The van der Waals surface area contributed by atoms with Crippen LogP contribution in [0.1, 0.15) is 271 Å². The lowest BCUT2D eigenvalue weighted by Gasteiger charge is -2.29. The number of nitrogens with zero attached hydrogens (tertiary/aromatic N) is 1. The molecule has 450 valence electrons. The van der Waals surface area contributed by atoms with Gasteiger partial charge in [-0.2, -0.15) is 0 Å². The van der Waals surface area contributed by atoms with E-state index in [9.17, 15) is 19.4 Å². The number of amides is 1. The summed E-state index contributed by atoms with van der Waals surface area (Å²) in [4.78, 5) is 25.6. The Morgan fingerprint density at radius 3 is 1.19 bits per heavy atom. The number of rotatable bonds is 58. The second-order valence-corrected chi connectivity index (χ2v) is 24.1. The molecular formula is C69H123N2O6P. The predicted octanol–water partition coefficient (Wildman–Crippen LogP) is 19.7. The van der Waals surface area contributed by atoms with Gasteiger partial charge in [0.15, 0.2) is 0 Å². The van der Waals surface area contributed by atoms with Crippen LogP contribution in [0.25, 0.3) is 0 Å². The molecule has 0 heterocycles. The minimum Gasteiger partial charge on any atom is -0.756 e. The Kier molecular flexibility index (Phi) is 56.7. The number of hydrogen-bond donors (Lipinski definition) is 2. The number of phosphoric acid groups is 1. The largest absolute Gasteiger partial charge is 0.756 e. The average molecular weight is 1110 g/mol. The van der Waals surface area contributed by atoms with Crippen LogP contribution < -0.4 is 10.2 Å². The molecule has 0 aliphatic carbocycles. The fourth-order valence-electron chi connectivity index (χ4n) is 8.97. The van der Waals surface area contributed by atoms with Gasteiger partial charge in [0.05, 0.1) is 39.9 Å². The summed E-state index contributed by atoms with van der Waals surface area (Å²) in [5.41, 5.74) is 0. The average Bonchev–Trinajstić information content (AvgIpc) is 3.41. The summed E-state index contributed by atoms with van der Waals surface area (Å²) in [6.45, 7) is 4.52. The molecule has 0 aromatic heterocycles. The van der Waals surface area contributed by atoms with Gasteiger partial charge in [0.25, 0.3) is 7.82 Å². The van der Waals surface area contributed by atoms with Crippen molar-refractivity contribution in [3.8, 4) is 0 Å². The van der Waals surface area contributed by atoms with E-state index in [-0.39, 0.29) is 12.5 Å². The minimum atomic E-state index is -4.62. The van der Waals surface area contributed by atoms with E-state index in [0.717, 1.165) is 96.3 Å². The van der Waals surface area contributed by atoms with Gasteiger partial charge in [-0.1, -0.05) is 284 Å². The lowest BCUT2D eigenvalue weighted by molar-refractivity contribution is -0.870. The smallest absolute Gasteiger partial charge is 0.268 e. The van der Waals surface area contributed by atoms with Gasteiger partial charge in [0, 0.05) is 6.42 Å². The highest BCUT2D eigenvalue weighted by molar-refractivity contribution is 7.45. The van der Waals surface area contributed by atoms with Gasteiger partial charge in [0.1, 0.15) is 13.2 Å². The summed E-state index contributed by atoms with van der Waals surface area (Å²) in [6.07, 6.45) is 86.1. The third-order valence-electron chi connectivity index (χ3n) is 14.0. The molecule has 0 fully saturated rings. The highest BCUT2D eigenvalue weighted by Crippen LogP contribution is 2.38. The number of carbonyl (C=O) groups is 1. The number of allylic oxidation sites excluding steroid dienone is 17. The van der Waals surface area contributed by atoms with Gasteiger partial charge in [-0.15, -0.1) is 0 Å². The van der Waals surface area contributed by atoms with E-state index in [4.69, 9.17) is 9.05 Å². The van der Waals surface area contributed by atoms with E-state index in [2.05, 4.69) is 116 Å².